The molecule has 0 radical (unpaired) electrons. The third-order valence-corrected chi connectivity index (χ3v) is 5.57. The van der Waals surface area contributed by atoms with Crippen LogP contribution in [0.2, 0.25) is 0 Å². The van der Waals surface area contributed by atoms with Crippen LogP contribution in [-0.4, -0.2) is 30.1 Å². The van der Waals surface area contributed by atoms with Gasteiger partial charge in [0.25, 0.3) is 0 Å². The molecule has 1 rings (SSSR count). The van der Waals surface area contributed by atoms with E-state index in [4.69, 9.17) is 0 Å². The van der Waals surface area contributed by atoms with Gasteiger partial charge in [0, 0.05) is 6.42 Å². The molecule has 0 aromatic carbocycles. The highest BCUT2D eigenvalue weighted by atomic mass is 16.5. The maximum atomic E-state index is 11.8. The molecule has 0 saturated carbocycles. The minimum atomic E-state index is -0.798. The molecule has 0 saturated heterocycles. The third-order valence-electron chi connectivity index (χ3n) is 5.57. The van der Waals surface area contributed by atoms with Crippen molar-refractivity contribution >= 4 is 11.8 Å². The van der Waals surface area contributed by atoms with Crippen molar-refractivity contribution in [3.05, 3.63) is 11.1 Å². The molecule has 1 N–H and O–H groups in total. The molecule has 0 spiro atoms. The topological polar surface area (TPSA) is 63.6 Å². The van der Waals surface area contributed by atoms with E-state index in [2.05, 4.69) is 11.7 Å². The van der Waals surface area contributed by atoms with Crippen LogP contribution in [0.1, 0.15) is 110 Å². The smallest absolute Gasteiger partial charge is 0.341 e. The van der Waals surface area contributed by atoms with Crippen molar-refractivity contribution in [2.24, 2.45) is 0 Å². The van der Waals surface area contributed by atoms with Gasteiger partial charge >= 0.3 is 5.97 Å². The van der Waals surface area contributed by atoms with Crippen molar-refractivity contribution in [1.29, 1.82) is 0 Å². The summed E-state index contributed by atoms with van der Waals surface area (Å²) in [5.74, 6) is -0.883. The number of carbonyl (C=O) groups excluding carboxylic acids is 2. The number of ether oxygens (including phenoxy) is 1. The van der Waals surface area contributed by atoms with Gasteiger partial charge in [-0.05, 0) is 18.4 Å². The summed E-state index contributed by atoms with van der Waals surface area (Å²) in [6, 6.07) is 0. The van der Waals surface area contributed by atoms with Gasteiger partial charge in [0.05, 0.1) is 13.2 Å². The van der Waals surface area contributed by atoms with E-state index in [1.54, 1.807) is 0 Å². The van der Waals surface area contributed by atoms with Crippen molar-refractivity contribution in [3.8, 4) is 0 Å². The second-order valence-corrected chi connectivity index (χ2v) is 7.88. The predicted octanol–water partition coefficient (Wildman–Crippen LogP) is 5.66. The van der Waals surface area contributed by atoms with Crippen LogP contribution in [0.3, 0.4) is 0 Å². The fourth-order valence-corrected chi connectivity index (χ4v) is 3.90. The summed E-state index contributed by atoms with van der Waals surface area (Å²) in [5, 5.41) is 9.99. The van der Waals surface area contributed by atoms with Crippen molar-refractivity contribution in [2.75, 3.05) is 7.11 Å². The van der Waals surface area contributed by atoms with Gasteiger partial charge in [-0.15, -0.1) is 0 Å². The van der Waals surface area contributed by atoms with E-state index >= 15 is 0 Å². The summed E-state index contributed by atoms with van der Waals surface area (Å²) in [7, 11) is 1.28. The Hall–Kier alpha value is -1.16. The average molecular weight is 381 g/mol. The lowest BCUT2D eigenvalue weighted by Gasteiger charge is -2.09. The maximum absolute atomic E-state index is 11.8. The van der Waals surface area contributed by atoms with E-state index in [0.29, 0.717) is 12.0 Å². The van der Waals surface area contributed by atoms with Crippen LogP contribution in [0, 0.1) is 0 Å². The molecule has 4 heteroatoms. The fraction of sp³-hybridized carbons (Fsp3) is 0.826. The van der Waals surface area contributed by atoms with Gasteiger partial charge < -0.3 is 9.84 Å². The Morgan fingerprint density at radius 1 is 0.889 bits per heavy atom. The van der Waals surface area contributed by atoms with Crippen molar-refractivity contribution in [1.82, 2.24) is 0 Å². The molecule has 4 nitrogen and oxygen atoms in total. The Labute approximate surface area is 165 Å². The number of aliphatic hydroxyl groups is 1. The average Bonchev–Trinajstić information content (AvgIpc) is 2.94. The normalized spacial score (nSPS) is 17.0. The summed E-state index contributed by atoms with van der Waals surface area (Å²) in [6.45, 7) is 2.26. The summed E-state index contributed by atoms with van der Waals surface area (Å²) >= 11 is 0. The molecule has 1 aliphatic rings. The number of aliphatic hydroxyl groups excluding tert-OH is 1. The van der Waals surface area contributed by atoms with Crippen LogP contribution in [-0.2, 0) is 14.3 Å². The van der Waals surface area contributed by atoms with Crippen LogP contribution in [0.25, 0.3) is 0 Å². The molecule has 1 unspecified atom stereocenters. The summed E-state index contributed by atoms with van der Waals surface area (Å²) < 4.78 is 4.68. The summed E-state index contributed by atoms with van der Waals surface area (Å²) in [4.78, 5) is 23.5. The van der Waals surface area contributed by atoms with Crippen LogP contribution >= 0.6 is 0 Å². The molecule has 156 valence electrons. The highest BCUT2D eigenvalue weighted by Gasteiger charge is 2.35. The zero-order valence-electron chi connectivity index (χ0n) is 17.6. The Bertz CT molecular complexity index is 467. The van der Waals surface area contributed by atoms with Crippen LogP contribution < -0.4 is 0 Å². The van der Waals surface area contributed by atoms with Crippen LogP contribution in [0.4, 0.5) is 0 Å². The molecule has 0 amide bonds. The molecule has 1 aliphatic carbocycles. The van der Waals surface area contributed by atoms with E-state index in [9.17, 15) is 14.7 Å². The van der Waals surface area contributed by atoms with Gasteiger partial charge in [-0.1, -0.05) is 90.4 Å². The quantitative estimate of drug-likeness (QED) is 0.213. The molecule has 0 fully saturated rings. The number of hydrogen-bond donors (Lipinski definition) is 1. The van der Waals surface area contributed by atoms with Gasteiger partial charge in [0.15, 0.2) is 5.78 Å². The number of ketones is 1. The molecular weight excluding hydrogens is 340 g/mol. The number of hydrogen-bond acceptors (Lipinski definition) is 4. The standard InChI is InChI=1S/C23H40O4/c1-3-4-5-6-7-8-9-10-11-12-13-14-15-16-17-19-20(24)18-21(25)22(19)23(26)27-2/h20,24H,3-18H2,1-2H3. The van der Waals surface area contributed by atoms with Gasteiger partial charge in [0.1, 0.15) is 5.57 Å². The first kappa shape index (κ1) is 23.9. The SMILES string of the molecule is CCCCCCCCCCCCCCCCC1=C(C(=O)OC)C(=O)CC1O. The second kappa shape index (κ2) is 14.8. The number of methoxy groups -OCH3 is 1. The van der Waals surface area contributed by atoms with E-state index in [0.717, 1.165) is 12.8 Å². The van der Waals surface area contributed by atoms with Gasteiger partial charge in [0.2, 0.25) is 0 Å². The number of esters is 1. The van der Waals surface area contributed by atoms with Crippen molar-refractivity contribution in [3.63, 3.8) is 0 Å². The second-order valence-electron chi connectivity index (χ2n) is 7.88. The van der Waals surface area contributed by atoms with Gasteiger partial charge in [-0.2, -0.15) is 0 Å². The highest BCUT2D eigenvalue weighted by Crippen LogP contribution is 2.29. The van der Waals surface area contributed by atoms with Crippen LogP contribution in [0.15, 0.2) is 11.1 Å². The minimum absolute atomic E-state index is 0.0262. The Morgan fingerprint density at radius 3 is 1.78 bits per heavy atom. The fourth-order valence-electron chi connectivity index (χ4n) is 3.90. The monoisotopic (exact) mass is 380 g/mol. The Kier molecular flexibility index (Phi) is 13.1. The molecule has 0 aromatic rings. The number of Topliss-reactive ketones (excluding diaryl/α,β-unsaturated/α-hetero) is 1. The molecular formula is C23H40O4. The number of carbonyl (C=O) groups is 2. The molecule has 0 bridgehead atoms. The van der Waals surface area contributed by atoms with Gasteiger partial charge in [-0.25, -0.2) is 4.79 Å². The van der Waals surface area contributed by atoms with Crippen molar-refractivity contribution < 1.29 is 19.4 Å². The lowest BCUT2D eigenvalue weighted by molar-refractivity contribution is -0.137. The van der Waals surface area contributed by atoms with E-state index in [-0.39, 0.29) is 17.8 Å². The van der Waals surface area contributed by atoms with E-state index < -0.39 is 12.1 Å². The van der Waals surface area contributed by atoms with E-state index in [1.807, 2.05) is 0 Å². The van der Waals surface area contributed by atoms with Crippen molar-refractivity contribution in [2.45, 2.75) is 116 Å². The number of unbranched alkanes of at least 4 members (excludes halogenated alkanes) is 13. The minimum Gasteiger partial charge on any atom is -0.465 e. The third kappa shape index (κ3) is 9.55. The van der Waals surface area contributed by atoms with Gasteiger partial charge in [-0.3, -0.25) is 4.79 Å². The lowest BCUT2D eigenvalue weighted by atomic mass is 10.0. The number of rotatable bonds is 16. The van der Waals surface area contributed by atoms with Crippen LogP contribution in [0.5, 0.6) is 0 Å². The lowest BCUT2D eigenvalue weighted by Crippen LogP contribution is -2.11. The Morgan fingerprint density at radius 2 is 1.33 bits per heavy atom. The molecule has 27 heavy (non-hydrogen) atoms. The van der Waals surface area contributed by atoms with E-state index in [1.165, 1.54) is 84.2 Å². The first-order valence-corrected chi connectivity index (χ1v) is 11.1. The first-order chi connectivity index (χ1) is 13.1. The predicted molar refractivity (Wildman–Crippen MR) is 110 cm³/mol. The zero-order chi connectivity index (χ0) is 19.9. The molecule has 0 aromatic heterocycles. The molecule has 0 heterocycles. The maximum Gasteiger partial charge on any atom is 0.341 e. The Balaban J connectivity index is 2.02. The molecule has 1 atom stereocenters. The summed E-state index contributed by atoms with van der Waals surface area (Å²) in [5.41, 5.74) is 0.686. The zero-order valence-corrected chi connectivity index (χ0v) is 17.6. The largest absolute Gasteiger partial charge is 0.465 e. The molecule has 0 aliphatic heterocycles. The summed E-state index contributed by atoms with van der Waals surface area (Å²) in [6.07, 6.45) is 18.0. The highest BCUT2D eigenvalue weighted by molar-refractivity contribution is 6.20. The first-order valence-electron chi connectivity index (χ1n) is 11.1.